The average Bonchev–Trinajstić information content (AvgIpc) is 3.09. The third-order valence-corrected chi connectivity index (χ3v) is 5.28. The van der Waals surface area contributed by atoms with Gasteiger partial charge in [-0.2, -0.15) is 0 Å². The number of nitrogens with zero attached hydrogens (tertiary/aromatic N) is 2. The molecule has 0 N–H and O–H groups in total. The molecule has 1 aromatic heterocycles. The van der Waals surface area contributed by atoms with Gasteiger partial charge in [-0.1, -0.05) is 12.1 Å². The average molecular weight is 416 g/mol. The number of hydrogen-bond acceptors (Lipinski definition) is 5. The van der Waals surface area contributed by atoms with Gasteiger partial charge < -0.3 is 18.8 Å². The Morgan fingerprint density at radius 3 is 2.48 bits per heavy atom. The molecule has 6 nitrogen and oxygen atoms in total. The normalized spacial score (nSPS) is 10.8. The summed E-state index contributed by atoms with van der Waals surface area (Å²) < 4.78 is 18.6. The predicted molar refractivity (Wildman–Crippen MR) is 119 cm³/mol. The Morgan fingerprint density at radius 1 is 0.935 bits per heavy atom. The molecule has 158 valence electrons. The van der Waals surface area contributed by atoms with Gasteiger partial charge >= 0.3 is 5.97 Å². The number of aromatic nitrogens is 2. The van der Waals surface area contributed by atoms with Crippen molar-refractivity contribution in [3.8, 4) is 17.2 Å². The monoisotopic (exact) mass is 416 g/mol. The Balaban J connectivity index is 1.53. The lowest BCUT2D eigenvalue weighted by Gasteiger charge is -2.09. The van der Waals surface area contributed by atoms with Crippen molar-refractivity contribution in [3.05, 3.63) is 83.2 Å². The number of carbonyl (C=O) groups is 1. The second kappa shape index (κ2) is 8.52. The van der Waals surface area contributed by atoms with E-state index < -0.39 is 5.97 Å². The topological polar surface area (TPSA) is 62.6 Å². The molecule has 0 amide bonds. The molecule has 31 heavy (non-hydrogen) atoms. The maximum Gasteiger partial charge on any atom is 0.337 e. The van der Waals surface area contributed by atoms with Crippen molar-refractivity contribution in [3.63, 3.8) is 0 Å². The molecule has 1 heterocycles. The summed E-state index contributed by atoms with van der Waals surface area (Å²) in [6.07, 6.45) is 0. The first-order valence-electron chi connectivity index (χ1n) is 9.96. The largest absolute Gasteiger partial charge is 0.486 e. The zero-order chi connectivity index (χ0) is 22.0. The zero-order valence-corrected chi connectivity index (χ0v) is 18.0. The second-order valence-corrected chi connectivity index (χ2v) is 7.39. The Labute approximate surface area is 181 Å². The lowest BCUT2D eigenvalue weighted by molar-refractivity contribution is 0.0600. The molecule has 0 unspecified atom stereocenters. The molecule has 0 fully saturated rings. The van der Waals surface area contributed by atoms with E-state index in [1.807, 2.05) is 41.9 Å². The fourth-order valence-corrected chi connectivity index (χ4v) is 3.30. The second-order valence-electron chi connectivity index (χ2n) is 7.39. The van der Waals surface area contributed by atoms with Gasteiger partial charge in [-0.15, -0.1) is 0 Å². The first-order valence-corrected chi connectivity index (χ1v) is 9.96. The maximum atomic E-state index is 11.7. The number of rotatable bonds is 6. The van der Waals surface area contributed by atoms with E-state index in [0.717, 1.165) is 28.4 Å². The van der Waals surface area contributed by atoms with E-state index in [4.69, 9.17) is 14.2 Å². The highest BCUT2D eigenvalue weighted by atomic mass is 16.5. The van der Waals surface area contributed by atoms with Crippen molar-refractivity contribution in [2.45, 2.75) is 20.5 Å². The lowest BCUT2D eigenvalue weighted by Crippen LogP contribution is -2.05. The van der Waals surface area contributed by atoms with Gasteiger partial charge in [0.05, 0.1) is 23.7 Å². The summed E-state index contributed by atoms with van der Waals surface area (Å²) in [5.74, 6) is 2.50. The molecule has 3 aromatic carbocycles. The molecule has 0 atom stereocenters. The van der Waals surface area contributed by atoms with E-state index in [1.165, 1.54) is 18.2 Å². The molecule has 0 saturated heterocycles. The quantitative estimate of drug-likeness (QED) is 0.397. The summed E-state index contributed by atoms with van der Waals surface area (Å²) in [6, 6.07) is 18.8. The number of carbonyl (C=O) groups excluding carboxylic acids is 1. The van der Waals surface area contributed by atoms with E-state index in [0.29, 0.717) is 11.3 Å². The van der Waals surface area contributed by atoms with Crippen LogP contribution < -0.4 is 9.47 Å². The molecule has 0 bridgehead atoms. The highest BCUT2D eigenvalue weighted by Crippen LogP contribution is 2.27. The van der Waals surface area contributed by atoms with Crippen LogP contribution in [0.4, 0.5) is 0 Å². The van der Waals surface area contributed by atoms with Crippen LogP contribution in [0, 0.1) is 13.8 Å². The minimum Gasteiger partial charge on any atom is -0.486 e. The Kier molecular flexibility index (Phi) is 5.62. The molecule has 4 aromatic rings. The first-order chi connectivity index (χ1) is 14.9. The molecule has 0 radical (unpaired) electrons. The number of hydrogen-bond donors (Lipinski definition) is 0. The van der Waals surface area contributed by atoms with Gasteiger partial charge in [0.15, 0.2) is 0 Å². The van der Waals surface area contributed by atoms with E-state index >= 15 is 0 Å². The molecule has 6 heteroatoms. The number of methoxy groups -OCH3 is 1. The van der Waals surface area contributed by atoms with Crippen LogP contribution in [0.15, 0.2) is 60.7 Å². The highest BCUT2D eigenvalue weighted by Gasteiger charge is 2.11. The van der Waals surface area contributed by atoms with Crippen molar-refractivity contribution >= 4 is 17.0 Å². The van der Waals surface area contributed by atoms with Crippen LogP contribution in [0.25, 0.3) is 11.0 Å². The molecular weight excluding hydrogens is 392 g/mol. The number of imidazole rings is 1. The van der Waals surface area contributed by atoms with Gasteiger partial charge in [0, 0.05) is 13.1 Å². The molecular formula is C25H24N2O4. The van der Waals surface area contributed by atoms with Crippen molar-refractivity contribution in [2.75, 3.05) is 7.11 Å². The van der Waals surface area contributed by atoms with Crippen molar-refractivity contribution < 1.29 is 19.0 Å². The molecule has 0 aliphatic carbocycles. The van der Waals surface area contributed by atoms with Gasteiger partial charge in [-0.25, -0.2) is 9.78 Å². The summed E-state index contributed by atoms with van der Waals surface area (Å²) in [6.45, 7) is 4.42. The maximum absolute atomic E-state index is 11.7. The summed E-state index contributed by atoms with van der Waals surface area (Å²) >= 11 is 0. The van der Waals surface area contributed by atoms with Crippen molar-refractivity contribution in [1.29, 1.82) is 0 Å². The van der Waals surface area contributed by atoms with Gasteiger partial charge in [-0.05, 0) is 67.4 Å². The van der Waals surface area contributed by atoms with Crippen molar-refractivity contribution in [1.82, 2.24) is 9.55 Å². The zero-order valence-electron chi connectivity index (χ0n) is 18.0. The smallest absolute Gasteiger partial charge is 0.337 e. The van der Waals surface area contributed by atoms with E-state index in [2.05, 4.69) is 24.9 Å². The SMILES string of the molecule is COC(=O)c1cccc(OCc2nc3ccc(Oc4ccc(C)c(C)c4)cc3n2C)c1. The fourth-order valence-electron chi connectivity index (χ4n) is 3.30. The minimum absolute atomic E-state index is 0.267. The summed E-state index contributed by atoms with van der Waals surface area (Å²) in [5, 5.41) is 0. The van der Waals surface area contributed by atoms with Gasteiger partial charge in [0.1, 0.15) is 29.7 Å². The van der Waals surface area contributed by atoms with Crippen LogP contribution in [0.1, 0.15) is 27.3 Å². The highest BCUT2D eigenvalue weighted by molar-refractivity contribution is 5.89. The van der Waals surface area contributed by atoms with Crippen LogP contribution >= 0.6 is 0 Å². The van der Waals surface area contributed by atoms with Crippen LogP contribution in [0.5, 0.6) is 17.2 Å². The number of esters is 1. The standard InChI is InChI=1S/C25H24N2O4/c1-16-8-9-20(12-17(16)2)31-21-10-11-22-23(14-21)27(3)24(26-22)15-30-19-7-5-6-18(13-19)25(28)29-4/h5-14H,15H2,1-4H3. The van der Waals surface area contributed by atoms with E-state index in [1.54, 1.807) is 24.3 Å². The van der Waals surface area contributed by atoms with Crippen LogP contribution in [-0.4, -0.2) is 22.6 Å². The fraction of sp³-hybridized carbons (Fsp3) is 0.200. The molecule has 0 aliphatic rings. The summed E-state index contributed by atoms with van der Waals surface area (Å²) in [4.78, 5) is 16.4. The molecule has 4 rings (SSSR count). The number of fused-ring (bicyclic) bond motifs is 1. The van der Waals surface area contributed by atoms with E-state index in [-0.39, 0.29) is 6.61 Å². The van der Waals surface area contributed by atoms with Gasteiger partial charge in [0.25, 0.3) is 0 Å². The van der Waals surface area contributed by atoms with Gasteiger partial charge in [-0.3, -0.25) is 0 Å². The van der Waals surface area contributed by atoms with E-state index in [9.17, 15) is 4.79 Å². The van der Waals surface area contributed by atoms with Crippen LogP contribution in [0.3, 0.4) is 0 Å². The Hall–Kier alpha value is -3.80. The third-order valence-electron chi connectivity index (χ3n) is 5.28. The van der Waals surface area contributed by atoms with Gasteiger partial charge in [0.2, 0.25) is 0 Å². The lowest BCUT2D eigenvalue weighted by atomic mass is 10.1. The Morgan fingerprint density at radius 2 is 1.71 bits per heavy atom. The number of benzene rings is 3. The first kappa shape index (κ1) is 20.5. The molecule has 0 spiro atoms. The minimum atomic E-state index is -0.399. The summed E-state index contributed by atoms with van der Waals surface area (Å²) in [5.41, 5.74) is 4.67. The molecule has 0 aliphatic heterocycles. The Bertz CT molecular complexity index is 1260. The summed E-state index contributed by atoms with van der Waals surface area (Å²) in [7, 11) is 3.30. The predicted octanol–water partition coefficient (Wildman–Crippen LogP) is 5.35. The number of ether oxygens (including phenoxy) is 3. The number of aryl methyl sites for hydroxylation is 3. The van der Waals surface area contributed by atoms with Crippen LogP contribution in [0.2, 0.25) is 0 Å². The van der Waals surface area contributed by atoms with Crippen LogP contribution in [-0.2, 0) is 18.4 Å². The van der Waals surface area contributed by atoms with Crippen molar-refractivity contribution in [2.24, 2.45) is 7.05 Å². The third kappa shape index (κ3) is 4.38. The molecule has 0 saturated carbocycles.